The van der Waals surface area contributed by atoms with Crippen molar-refractivity contribution in [2.24, 2.45) is 0 Å². The van der Waals surface area contributed by atoms with Gasteiger partial charge in [-0.15, -0.1) is 0 Å². The summed E-state index contributed by atoms with van der Waals surface area (Å²) in [6.45, 7) is 1.79. The summed E-state index contributed by atoms with van der Waals surface area (Å²) in [5.41, 5.74) is 6.75. The van der Waals surface area contributed by atoms with Crippen LogP contribution >= 0.6 is 0 Å². The molecule has 0 radical (unpaired) electrons. The van der Waals surface area contributed by atoms with Crippen LogP contribution < -0.4 is 4.72 Å². The molecule has 0 saturated carbocycles. The van der Waals surface area contributed by atoms with E-state index in [0.29, 0.717) is 6.42 Å². The van der Waals surface area contributed by atoms with Crippen LogP contribution in [0.1, 0.15) is 46.8 Å². The Balaban J connectivity index is 1.15. The zero-order chi connectivity index (χ0) is 33.3. The first kappa shape index (κ1) is 33.7. The summed E-state index contributed by atoms with van der Waals surface area (Å²) >= 11 is 0. The quantitative estimate of drug-likeness (QED) is 0.150. The highest BCUT2D eigenvalue weighted by Crippen LogP contribution is 2.38. The SMILES string of the molecule is CN(CCc1ccccn1)C[C@H]1C[C@@H](c2ccc(CO)cc2)O[C@@H](c2ccc(-c3cccc(CNS(=O)(=O)c4ccccc4)c3)cc2)O1. The third kappa shape index (κ3) is 8.82. The van der Waals surface area contributed by atoms with Gasteiger partial charge in [0.1, 0.15) is 0 Å². The van der Waals surface area contributed by atoms with Gasteiger partial charge in [-0.25, -0.2) is 13.1 Å². The summed E-state index contributed by atoms with van der Waals surface area (Å²) < 4.78 is 41.3. The van der Waals surface area contributed by atoms with Crippen LogP contribution in [0, 0.1) is 0 Å². The van der Waals surface area contributed by atoms with Gasteiger partial charge in [-0.05, 0) is 65.2 Å². The Morgan fingerprint density at radius 3 is 2.29 bits per heavy atom. The number of aromatic nitrogens is 1. The molecular formula is C39H41N3O5S. The van der Waals surface area contributed by atoms with Gasteiger partial charge < -0.3 is 19.5 Å². The zero-order valence-electron chi connectivity index (χ0n) is 27.0. The number of nitrogens with one attached hydrogen (secondary N) is 1. The van der Waals surface area contributed by atoms with Crippen LogP contribution in [-0.2, 0) is 39.1 Å². The summed E-state index contributed by atoms with van der Waals surface area (Å²) in [6.07, 6.45) is 2.62. The molecule has 8 nitrogen and oxygen atoms in total. The number of rotatable bonds is 13. The number of pyridine rings is 1. The van der Waals surface area contributed by atoms with Gasteiger partial charge in [-0.3, -0.25) is 4.98 Å². The minimum atomic E-state index is -3.61. The molecule has 2 heterocycles. The second kappa shape index (κ2) is 15.8. The minimum Gasteiger partial charge on any atom is -0.392 e. The van der Waals surface area contributed by atoms with Crippen LogP contribution in [0.2, 0.25) is 0 Å². The fourth-order valence-corrected chi connectivity index (χ4v) is 6.92. The number of hydrogen-bond donors (Lipinski definition) is 2. The van der Waals surface area contributed by atoms with E-state index in [1.807, 2.05) is 97.2 Å². The molecule has 2 N–H and O–H groups in total. The van der Waals surface area contributed by atoms with Crippen LogP contribution in [0.15, 0.2) is 132 Å². The fourth-order valence-electron chi connectivity index (χ4n) is 5.88. The van der Waals surface area contributed by atoms with Crippen LogP contribution in [0.3, 0.4) is 0 Å². The molecule has 4 aromatic carbocycles. The molecular weight excluding hydrogens is 623 g/mol. The van der Waals surface area contributed by atoms with E-state index in [0.717, 1.165) is 58.6 Å². The van der Waals surface area contributed by atoms with E-state index in [-0.39, 0.29) is 30.3 Å². The normalized spacial score (nSPS) is 18.2. The third-order valence-corrected chi connectivity index (χ3v) is 9.99. The van der Waals surface area contributed by atoms with Gasteiger partial charge in [0.15, 0.2) is 6.29 Å². The zero-order valence-corrected chi connectivity index (χ0v) is 27.8. The molecule has 0 unspecified atom stereocenters. The maximum atomic E-state index is 12.7. The smallest absolute Gasteiger partial charge is 0.240 e. The van der Waals surface area contributed by atoms with E-state index in [4.69, 9.17) is 9.47 Å². The lowest BCUT2D eigenvalue weighted by molar-refractivity contribution is -0.252. The second-order valence-corrected chi connectivity index (χ2v) is 13.9. The number of likely N-dealkylation sites (N-methyl/N-ethyl adjacent to an activating group) is 1. The first-order valence-electron chi connectivity index (χ1n) is 16.2. The largest absolute Gasteiger partial charge is 0.392 e. The van der Waals surface area contributed by atoms with Crippen molar-refractivity contribution in [3.05, 3.63) is 155 Å². The molecule has 1 fully saturated rings. The Kier molecular flexibility index (Phi) is 11.1. The van der Waals surface area contributed by atoms with E-state index in [1.165, 1.54) is 0 Å². The number of hydrogen-bond acceptors (Lipinski definition) is 7. The lowest BCUT2D eigenvalue weighted by Gasteiger charge is -2.38. The molecule has 248 valence electrons. The van der Waals surface area contributed by atoms with Crippen molar-refractivity contribution in [2.45, 2.75) is 49.4 Å². The summed E-state index contributed by atoms with van der Waals surface area (Å²) in [6, 6.07) is 38.3. The Morgan fingerprint density at radius 2 is 1.56 bits per heavy atom. The molecule has 1 aliphatic heterocycles. The molecule has 3 atom stereocenters. The monoisotopic (exact) mass is 663 g/mol. The van der Waals surface area contributed by atoms with Gasteiger partial charge in [-0.2, -0.15) is 0 Å². The Labute approximate surface area is 283 Å². The summed E-state index contributed by atoms with van der Waals surface area (Å²) in [5, 5.41) is 9.54. The Morgan fingerprint density at radius 1 is 0.812 bits per heavy atom. The van der Waals surface area contributed by atoms with Crippen molar-refractivity contribution < 1.29 is 23.0 Å². The lowest BCUT2D eigenvalue weighted by Crippen LogP contribution is -2.38. The molecule has 1 aliphatic rings. The predicted octanol–water partition coefficient (Wildman–Crippen LogP) is 6.44. The van der Waals surface area contributed by atoms with E-state index in [2.05, 4.69) is 21.7 Å². The number of ether oxygens (including phenoxy) is 2. The van der Waals surface area contributed by atoms with Crippen LogP contribution in [0.5, 0.6) is 0 Å². The molecule has 0 aliphatic carbocycles. The number of sulfonamides is 1. The second-order valence-electron chi connectivity index (χ2n) is 12.1. The van der Waals surface area contributed by atoms with Crippen molar-refractivity contribution in [3.8, 4) is 11.1 Å². The van der Waals surface area contributed by atoms with Gasteiger partial charge in [0.25, 0.3) is 0 Å². The molecule has 48 heavy (non-hydrogen) atoms. The first-order chi connectivity index (χ1) is 23.4. The predicted molar refractivity (Wildman–Crippen MR) is 186 cm³/mol. The highest BCUT2D eigenvalue weighted by atomic mass is 32.2. The fraction of sp³-hybridized carbons (Fsp3) is 0.256. The highest BCUT2D eigenvalue weighted by Gasteiger charge is 2.32. The molecule has 1 saturated heterocycles. The third-order valence-electron chi connectivity index (χ3n) is 8.57. The van der Waals surface area contributed by atoms with Crippen LogP contribution in [0.25, 0.3) is 11.1 Å². The topological polar surface area (TPSA) is 101 Å². The van der Waals surface area contributed by atoms with E-state index in [9.17, 15) is 13.5 Å². The van der Waals surface area contributed by atoms with Crippen molar-refractivity contribution in [3.63, 3.8) is 0 Å². The number of aliphatic hydroxyl groups excluding tert-OH is 1. The standard InChI is InChI=1S/C39H41N3O5S/c1-42(23-21-35-10-5-6-22-40-35)27-36-25-38(32-15-13-29(28-43)14-16-32)47-39(46-36)33-19-17-31(18-20-33)34-9-7-8-30(24-34)26-41-48(44,45)37-11-3-2-4-12-37/h2-20,22,24,36,38-39,41,43H,21,23,25-28H2,1H3/t36-,38+,39+/m1/s1. The summed E-state index contributed by atoms with van der Waals surface area (Å²) in [7, 11) is -1.50. The summed E-state index contributed by atoms with van der Waals surface area (Å²) in [4.78, 5) is 6.98. The molecule has 0 bridgehead atoms. The number of aliphatic hydroxyl groups is 1. The molecule has 1 aromatic heterocycles. The van der Waals surface area contributed by atoms with Gasteiger partial charge in [-0.1, -0.05) is 91.0 Å². The van der Waals surface area contributed by atoms with E-state index < -0.39 is 16.3 Å². The average molecular weight is 664 g/mol. The minimum absolute atomic E-state index is 0.000211. The van der Waals surface area contributed by atoms with Gasteiger partial charge in [0, 0.05) is 49.9 Å². The maximum absolute atomic E-state index is 12.7. The van der Waals surface area contributed by atoms with Crippen molar-refractivity contribution in [1.29, 1.82) is 0 Å². The molecule has 9 heteroatoms. The first-order valence-corrected chi connectivity index (χ1v) is 17.7. The average Bonchev–Trinajstić information content (AvgIpc) is 3.14. The maximum Gasteiger partial charge on any atom is 0.240 e. The molecule has 0 spiro atoms. The lowest BCUT2D eigenvalue weighted by atomic mass is 9.99. The van der Waals surface area contributed by atoms with Gasteiger partial charge in [0.05, 0.1) is 23.7 Å². The number of benzene rings is 4. The van der Waals surface area contributed by atoms with Crippen LogP contribution in [-0.4, -0.2) is 49.6 Å². The summed E-state index contributed by atoms with van der Waals surface area (Å²) in [5.74, 6) is 0. The van der Waals surface area contributed by atoms with Crippen molar-refractivity contribution >= 4 is 10.0 Å². The molecule has 0 amide bonds. The van der Waals surface area contributed by atoms with Gasteiger partial charge in [0.2, 0.25) is 10.0 Å². The number of nitrogens with zero attached hydrogens (tertiary/aromatic N) is 2. The molecule has 5 aromatic rings. The van der Waals surface area contributed by atoms with E-state index >= 15 is 0 Å². The highest BCUT2D eigenvalue weighted by molar-refractivity contribution is 7.89. The Bertz CT molecular complexity index is 1850. The van der Waals surface area contributed by atoms with Crippen molar-refractivity contribution in [1.82, 2.24) is 14.6 Å². The van der Waals surface area contributed by atoms with Crippen molar-refractivity contribution in [2.75, 3.05) is 20.1 Å². The Hall–Kier alpha value is -4.22. The molecule has 6 rings (SSSR count). The van der Waals surface area contributed by atoms with Crippen LogP contribution in [0.4, 0.5) is 0 Å². The van der Waals surface area contributed by atoms with E-state index in [1.54, 1.807) is 30.3 Å². The van der Waals surface area contributed by atoms with Gasteiger partial charge >= 0.3 is 0 Å².